The van der Waals surface area contributed by atoms with Gasteiger partial charge >= 0.3 is 0 Å². The molecule has 4 bridgehead atoms. The highest BCUT2D eigenvalue weighted by Gasteiger charge is 2.39. The second-order valence-corrected chi connectivity index (χ2v) is 8.37. The number of rotatable bonds is 0. The number of hydrogen-bond donors (Lipinski definition) is 1. The second-order valence-electron chi connectivity index (χ2n) is 8.37. The lowest BCUT2D eigenvalue weighted by atomic mass is 9.79. The fourth-order valence-electron chi connectivity index (χ4n) is 4.30. The van der Waals surface area contributed by atoms with Crippen molar-refractivity contribution in [3.63, 3.8) is 0 Å². The Morgan fingerprint density at radius 3 is 2.84 bits per heavy atom. The zero-order valence-electron chi connectivity index (χ0n) is 17.7. The minimum absolute atomic E-state index is 0.0716. The van der Waals surface area contributed by atoms with E-state index in [-0.39, 0.29) is 11.7 Å². The van der Waals surface area contributed by atoms with Crippen molar-refractivity contribution < 1.29 is 14.3 Å². The molecule has 0 radical (unpaired) electrons. The summed E-state index contributed by atoms with van der Waals surface area (Å²) in [5.41, 5.74) is 2.87. The number of nitrogens with zero attached hydrogens (tertiary/aromatic N) is 2. The van der Waals surface area contributed by atoms with Crippen LogP contribution in [-0.2, 0) is 21.4 Å². The van der Waals surface area contributed by atoms with Gasteiger partial charge in [-0.2, -0.15) is 0 Å². The van der Waals surface area contributed by atoms with E-state index in [1.807, 2.05) is 48.6 Å². The van der Waals surface area contributed by atoms with Crippen LogP contribution < -0.4 is 5.32 Å². The molecule has 1 unspecified atom stereocenters. The third-order valence-corrected chi connectivity index (χ3v) is 6.13. The van der Waals surface area contributed by atoms with Crippen molar-refractivity contribution in [3.8, 4) is 0 Å². The Balaban J connectivity index is 1.53. The van der Waals surface area contributed by atoms with E-state index in [4.69, 9.17) is 9.73 Å². The molecule has 6 nitrogen and oxygen atoms in total. The van der Waals surface area contributed by atoms with E-state index in [9.17, 15) is 9.59 Å². The summed E-state index contributed by atoms with van der Waals surface area (Å²) in [6.07, 6.45) is 8.13. The van der Waals surface area contributed by atoms with Gasteiger partial charge in [-0.1, -0.05) is 42.5 Å². The van der Waals surface area contributed by atoms with E-state index in [1.165, 1.54) is 6.08 Å². The second kappa shape index (κ2) is 8.04. The quantitative estimate of drug-likeness (QED) is 0.651. The Hall–Kier alpha value is -3.80. The van der Waals surface area contributed by atoms with Crippen LogP contribution in [0, 0.1) is 0 Å². The number of aliphatic imine (C=N–C) groups is 2. The SMILES string of the molecule is C[C@]12C/C=C\COC3=NC(Cc4cccc(c4)C(=O)NC1=Nc1ccccc12)C(=O)C=C3. The Morgan fingerprint density at radius 2 is 1.94 bits per heavy atom. The molecule has 5 rings (SSSR count). The van der Waals surface area contributed by atoms with Crippen molar-refractivity contribution in [2.75, 3.05) is 6.61 Å². The summed E-state index contributed by atoms with van der Waals surface area (Å²) in [7, 11) is 0. The van der Waals surface area contributed by atoms with Gasteiger partial charge < -0.3 is 10.1 Å². The number of para-hydroxylation sites is 1. The summed E-state index contributed by atoms with van der Waals surface area (Å²) in [5, 5.41) is 3.05. The predicted molar refractivity (Wildman–Crippen MR) is 124 cm³/mol. The van der Waals surface area contributed by atoms with Crippen LogP contribution in [0.4, 0.5) is 5.69 Å². The first-order chi connectivity index (χ1) is 15.5. The summed E-state index contributed by atoms with van der Waals surface area (Å²) in [4.78, 5) is 34.7. The molecule has 0 fully saturated rings. The fraction of sp³-hybridized carbons (Fsp3) is 0.231. The van der Waals surface area contributed by atoms with Crippen molar-refractivity contribution in [1.82, 2.24) is 5.32 Å². The van der Waals surface area contributed by atoms with Gasteiger partial charge in [-0.25, -0.2) is 9.98 Å². The van der Waals surface area contributed by atoms with Gasteiger partial charge in [0.05, 0.1) is 11.1 Å². The maximum atomic E-state index is 13.1. The van der Waals surface area contributed by atoms with Crippen molar-refractivity contribution >= 4 is 29.1 Å². The zero-order valence-corrected chi connectivity index (χ0v) is 17.7. The first-order valence-corrected chi connectivity index (χ1v) is 10.7. The molecule has 0 saturated carbocycles. The molecule has 0 spiro atoms. The number of amidine groups is 1. The predicted octanol–water partition coefficient (Wildman–Crippen LogP) is 3.84. The van der Waals surface area contributed by atoms with Crippen LogP contribution in [0.5, 0.6) is 0 Å². The van der Waals surface area contributed by atoms with Crippen LogP contribution in [0.2, 0.25) is 0 Å². The number of carbonyl (C=O) groups excluding carboxylic acids is 2. The normalized spacial score (nSPS) is 25.6. The molecule has 2 aromatic carbocycles. The maximum Gasteiger partial charge on any atom is 0.256 e. The lowest BCUT2D eigenvalue weighted by molar-refractivity contribution is -0.115. The third-order valence-electron chi connectivity index (χ3n) is 6.13. The van der Waals surface area contributed by atoms with Crippen molar-refractivity contribution in [1.29, 1.82) is 0 Å². The maximum absolute atomic E-state index is 13.1. The molecule has 3 aliphatic rings. The highest BCUT2D eigenvalue weighted by molar-refractivity contribution is 6.12. The Kier molecular flexibility index (Phi) is 5.05. The number of benzene rings is 2. The van der Waals surface area contributed by atoms with Gasteiger partial charge in [0.1, 0.15) is 18.5 Å². The number of allylic oxidation sites excluding steroid dienone is 1. The minimum Gasteiger partial charge on any atom is -0.474 e. The number of nitrogens with one attached hydrogen (secondary N) is 1. The average Bonchev–Trinajstić information content (AvgIpc) is 3.07. The molecule has 3 aliphatic heterocycles. The van der Waals surface area contributed by atoms with Crippen LogP contribution >= 0.6 is 0 Å². The smallest absolute Gasteiger partial charge is 0.256 e. The summed E-state index contributed by atoms with van der Waals surface area (Å²) in [6.45, 7) is 2.43. The number of fused-ring (bicyclic) bond motifs is 6. The molecule has 0 saturated heterocycles. The Morgan fingerprint density at radius 1 is 1.06 bits per heavy atom. The lowest BCUT2D eigenvalue weighted by Gasteiger charge is -2.26. The Bertz CT molecular complexity index is 1220. The van der Waals surface area contributed by atoms with Gasteiger partial charge in [0.25, 0.3) is 5.91 Å². The third kappa shape index (κ3) is 3.68. The van der Waals surface area contributed by atoms with Gasteiger partial charge in [-0.3, -0.25) is 9.59 Å². The number of amides is 1. The summed E-state index contributed by atoms with van der Waals surface area (Å²) >= 11 is 0. The largest absolute Gasteiger partial charge is 0.474 e. The average molecular weight is 425 g/mol. The van der Waals surface area contributed by atoms with Gasteiger partial charge in [-0.05, 0) is 48.7 Å². The molecule has 1 N–H and O–H groups in total. The summed E-state index contributed by atoms with van der Waals surface area (Å²) < 4.78 is 5.77. The monoisotopic (exact) mass is 425 g/mol. The van der Waals surface area contributed by atoms with E-state index in [0.717, 1.165) is 16.8 Å². The van der Waals surface area contributed by atoms with E-state index >= 15 is 0 Å². The molecule has 32 heavy (non-hydrogen) atoms. The van der Waals surface area contributed by atoms with Crippen molar-refractivity contribution in [2.45, 2.75) is 31.2 Å². The van der Waals surface area contributed by atoms with Gasteiger partial charge in [0.2, 0.25) is 5.90 Å². The summed E-state index contributed by atoms with van der Waals surface area (Å²) in [5.74, 6) is 0.784. The zero-order chi connectivity index (χ0) is 22.1. The number of carbonyl (C=O) groups is 2. The van der Waals surface area contributed by atoms with Crippen molar-refractivity contribution in [3.05, 3.63) is 89.5 Å². The number of dihydropyridines is 1. The van der Waals surface area contributed by atoms with E-state index < -0.39 is 11.5 Å². The first kappa shape index (κ1) is 20.1. The molecule has 160 valence electrons. The molecule has 2 aromatic rings. The van der Waals surface area contributed by atoms with Gasteiger partial charge in [0.15, 0.2) is 5.78 Å². The molecule has 2 atom stereocenters. The lowest BCUT2D eigenvalue weighted by Crippen LogP contribution is -2.42. The fourth-order valence-corrected chi connectivity index (χ4v) is 4.30. The number of ketones is 1. The van der Waals surface area contributed by atoms with E-state index in [2.05, 4.69) is 23.3 Å². The Labute approximate surface area is 186 Å². The van der Waals surface area contributed by atoms with Crippen LogP contribution in [-0.4, -0.2) is 36.1 Å². The van der Waals surface area contributed by atoms with E-state index in [1.54, 1.807) is 12.1 Å². The topological polar surface area (TPSA) is 80.1 Å². The van der Waals surface area contributed by atoms with Gasteiger partial charge in [0, 0.05) is 18.1 Å². The first-order valence-electron chi connectivity index (χ1n) is 10.7. The van der Waals surface area contributed by atoms with Crippen LogP contribution in [0.15, 0.2) is 82.8 Å². The standard InChI is InChI=1S/C26H23N3O3/c1-26-13-4-5-14-32-23-12-11-22(30)21(27-23)16-17-7-6-8-18(15-17)24(31)29-25(26)28-20-10-3-2-9-19(20)26/h2-12,15,21H,13-14,16H2,1H3,(H,28,29,31)/b5-4-/t21?,26-/m1/s1. The van der Waals surface area contributed by atoms with Gasteiger partial charge in [-0.15, -0.1) is 0 Å². The van der Waals surface area contributed by atoms with Crippen LogP contribution in [0.25, 0.3) is 0 Å². The minimum atomic E-state index is -0.554. The van der Waals surface area contributed by atoms with Crippen molar-refractivity contribution in [2.24, 2.45) is 9.98 Å². The molecule has 1 amide bonds. The number of hydrogen-bond acceptors (Lipinski definition) is 5. The number of ether oxygens (including phenoxy) is 1. The molecular weight excluding hydrogens is 402 g/mol. The van der Waals surface area contributed by atoms with E-state index in [0.29, 0.717) is 36.7 Å². The molecule has 0 aliphatic carbocycles. The molecule has 3 heterocycles. The highest BCUT2D eigenvalue weighted by Crippen LogP contribution is 2.41. The summed E-state index contributed by atoms with van der Waals surface area (Å²) in [6, 6.07) is 14.7. The highest BCUT2D eigenvalue weighted by atomic mass is 16.5. The van der Waals surface area contributed by atoms with Crippen LogP contribution in [0.3, 0.4) is 0 Å². The molecular formula is C26H23N3O3. The molecule has 0 aromatic heterocycles. The van der Waals surface area contributed by atoms with Crippen LogP contribution in [0.1, 0.15) is 34.8 Å². The molecule has 6 heteroatoms.